The number of anilines is 2. The number of imidazole rings is 1. The predicted molar refractivity (Wildman–Crippen MR) is 123 cm³/mol. The van der Waals surface area contributed by atoms with Crippen LogP contribution in [0, 0.1) is 0 Å². The van der Waals surface area contributed by atoms with Gasteiger partial charge in [0.05, 0.1) is 22.7 Å². The largest absolute Gasteiger partial charge is 0.397 e. The van der Waals surface area contributed by atoms with Crippen LogP contribution in [0.1, 0.15) is 36.9 Å². The van der Waals surface area contributed by atoms with E-state index in [9.17, 15) is 8.42 Å². The fourth-order valence-corrected chi connectivity index (χ4v) is 4.72. The van der Waals surface area contributed by atoms with Crippen molar-refractivity contribution in [3.8, 4) is 0 Å². The van der Waals surface area contributed by atoms with Crippen LogP contribution in [0.2, 0.25) is 10.2 Å². The Labute approximate surface area is 191 Å². The molecule has 2 aromatic heterocycles. The average Bonchev–Trinajstić information content (AvgIpc) is 3.07. The van der Waals surface area contributed by atoms with Gasteiger partial charge in [0, 0.05) is 20.1 Å². The van der Waals surface area contributed by atoms with Gasteiger partial charge in [0.25, 0.3) is 0 Å². The predicted octanol–water partition coefficient (Wildman–Crippen LogP) is 4.01. The normalized spacial score (nSPS) is 17.2. The number of benzene rings is 1. The number of sulfonamides is 1. The highest BCUT2D eigenvalue weighted by Crippen LogP contribution is 2.33. The van der Waals surface area contributed by atoms with Gasteiger partial charge in [-0.05, 0) is 43.0 Å². The number of ether oxygens (including phenoxy) is 1. The Bertz CT molecular complexity index is 1240. The van der Waals surface area contributed by atoms with E-state index in [4.69, 9.17) is 38.7 Å². The summed E-state index contributed by atoms with van der Waals surface area (Å²) in [7, 11) is -1.98. The molecule has 0 amide bonds. The maximum atomic E-state index is 12.0. The van der Waals surface area contributed by atoms with Crippen molar-refractivity contribution in [3.05, 3.63) is 45.8 Å². The Kier molecular flexibility index (Phi) is 6.04. The van der Waals surface area contributed by atoms with Crippen molar-refractivity contribution in [2.75, 3.05) is 29.9 Å². The number of aromatic nitrogens is 3. The first-order chi connectivity index (χ1) is 14.6. The Hall–Kier alpha value is -2.07. The van der Waals surface area contributed by atoms with Gasteiger partial charge < -0.3 is 10.5 Å². The van der Waals surface area contributed by atoms with Gasteiger partial charge in [-0.1, -0.05) is 29.3 Å². The molecule has 3 aromatic rings. The molecule has 1 aliphatic rings. The van der Waals surface area contributed by atoms with Crippen LogP contribution in [0.5, 0.6) is 0 Å². The van der Waals surface area contributed by atoms with Gasteiger partial charge in [-0.3, -0.25) is 8.87 Å². The molecule has 1 unspecified atom stereocenters. The fourth-order valence-electron chi connectivity index (χ4n) is 3.73. The lowest BCUT2D eigenvalue weighted by Crippen LogP contribution is -2.26. The van der Waals surface area contributed by atoms with E-state index >= 15 is 0 Å². The van der Waals surface area contributed by atoms with E-state index in [2.05, 4.69) is 4.98 Å². The van der Waals surface area contributed by atoms with Crippen LogP contribution < -0.4 is 10.0 Å². The lowest BCUT2D eigenvalue weighted by Gasteiger charge is -2.26. The molecule has 166 valence electrons. The summed E-state index contributed by atoms with van der Waals surface area (Å²) in [5.74, 6) is 0.705. The van der Waals surface area contributed by atoms with Gasteiger partial charge in [-0.2, -0.15) is 0 Å². The number of fused-ring (bicyclic) bond motifs is 1. The zero-order chi connectivity index (χ0) is 22.3. The molecule has 3 heterocycles. The molecule has 0 bridgehead atoms. The van der Waals surface area contributed by atoms with Crippen LogP contribution in [-0.4, -0.2) is 42.9 Å². The number of hydrogen-bond donors (Lipinski definition) is 1. The molecule has 4 rings (SSSR count). The Morgan fingerprint density at radius 1 is 1.26 bits per heavy atom. The SMILES string of the molecule is CN(c1cc(Cc2nc3c(Cl)cc(Cl)nc3n2C2CCCCO2)ccc1N)S(C)(=O)=O. The second-order valence-electron chi connectivity index (χ2n) is 7.62. The molecule has 1 aliphatic heterocycles. The molecule has 1 atom stereocenters. The first-order valence-electron chi connectivity index (χ1n) is 9.82. The van der Waals surface area contributed by atoms with Gasteiger partial charge >= 0.3 is 0 Å². The van der Waals surface area contributed by atoms with Crippen molar-refractivity contribution in [2.24, 2.45) is 0 Å². The van der Waals surface area contributed by atoms with Crippen molar-refractivity contribution >= 4 is 55.8 Å². The summed E-state index contributed by atoms with van der Waals surface area (Å²) < 4.78 is 33.1. The van der Waals surface area contributed by atoms with Gasteiger partial charge in [0.1, 0.15) is 22.7 Å². The third-order valence-electron chi connectivity index (χ3n) is 5.38. The standard InChI is InChI=1S/C20H23Cl2N5O3S/c1-26(31(2,28)29)15-9-12(6-7-14(15)23)10-17-25-19-13(21)11-16(22)24-20(19)27(17)18-5-3-4-8-30-18/h6-7,9,11,18H,3-5,8,10,23H2,1-2H3. The topological polar surface area (TPSA) is 103 Å². The monoisotopic (exact) mass is 483 g/mol. The summed E-state index contributed by atoms with van der Waals surface area (Å²) in [5.41, 5.74) is 8.79. The number of nitrogens with zero attached hydrogens (tertiary/aromatic N) is 4. The lowest BCUT2D eigenvalue weighted by molar-refractivity contribution is -0.0311. The first kappa shape index (κ1) is 22.1. The quantitative estimate of drug-likeness (QED) is 0.434. The van der Waals surface area contributed by atoms with Crippen molar-refractivity contribution < 1.29 is 13.2 Å². The van der Waals surface area contributed by atoms with E-state index in [1.54, 1.807) is 18.2 Å². The van der Waals surface area contributed by atoms with Crippen molar-refractivity contribution in [2.45, 2.75) is 31.9 Å². The zero-order valence-corrected chi connectivity index (χ0v) is 19.5. The van der Waals surface area contributed by atoms with Gasteiger partial charge in [-0.15, -0.1) is 0 Å². The van der Waals surface area contributed by atoms with E-state index in [0.29, 0.717) is 46.4 Å². The lowest BCUT2D eigenvalue weighted by atomic mass is 10.1. The first-order valence-corrected chi connectivity index (χ1v) is 12.4. The number of halogens is 2. The third kappa shape index (κ3) is 4.45. The van der Waals surface area contributed by atoms with Gasteiger partial charge in [0.2, 0.25) is 10.0 Å². The zero-order valence-electron chi connectivity index (χ0n) is 17.2. The summed E-state index contributed by atoms with van der Waals surface area (Å²) in [6.07, 6.45) is 4.19. The minimum absolute atomic E-state index is 0.220. The summed E-state index contributed by atoms with van der Waals surface area (Å²) in [6, 6.07) is 6.86. The van der Waals surface area contributed by atoms with Gasteiger partial charge in [0.15, 0.2) is 5.65 Å². The Morgan fingerprint density at radius 2 is 2.03 bits per heavy atom. The molecule has 0 radical (unpaired) electrons. The average molecular weight is 484 g/mol. The molecule has 1 aromatic carbocycles. The van der Waals surface area contributed by atoms with Crippen LogP contribution in [0.15, 0.2) is 24.3 Å². The minimum atomic E-state index is -3.45. The highest BCUT2D eigenvalue weighted by Gasteiger charge is 2.25. The summed E-state index contributed by atoms with van der Waals surface area (Å²) in [4.78, 5) is 9.20. The third-order valence-corrected chi connectivity index (χ3v) is 7.05. The van der Waals surface area contributed by atoms with Crippen molar-refractivity contribution in [3.63, 3.8) is 0 Å². The molecular weight excluding hydrogens is 461 g/mol. The molecule has 11 heteroatoms. The smallest absolute Gasteiger partial charge is 0.232 e. The molecule has 1 saturated heterocycles. The van der Waals surface area contributed by atoms with E-state index in [1.165, 1.54) is 7.05 Å². The summed E-state index contributed by atoms with van der Waals surface area (Å²) in [5, 5.41) is 0.700. The minimum Gasteiger partial charge on any atom is -0.397 e. The Morgan fingerprint density at radius 3 is 2.71 bits per heavy atom. The molecule has 8 nitrogen and oxygen atoms in total. The van der Waals surface area contributed by atoms with Crippen LogP contribution in [-0.2, 0) is 21.2 Å². The number of hydrogen-bond acceptors (Lipinski definition) is 6. The molecule has 0 spiro atoms. The summed E-state index contributed by atoms with van der Waals surface area (Å²) in [6.45, 7) is 0.656. The maximum absolute atomic E-state index is 12.0. The van der Waals surface area contributed by atoms with Crippen LogP contribution in [0.4, 0.5) is 11.4 Å². The van der Waals surface area contributed by atoms with Gasteiger partial charge in [-0.25, -0.2) is 18.4 Å². The van der Waals surface area contributed by atoms with E-state index in [0.717, 1.165) is 35.4 Å². The second kappa shape index (κ2) is 8.46. The highest BCUT2D eigenvalue weighted by molar-refractivity contribution is 7.92. The van der Waals surface area contributed by atoms with Crippen LogP contribution in [0.3, 0.4) is 0 Å². The second-order valence-corrected chi connectivity index (χ2v) is 10.4. The highest BCUT2D eigenvalue weighted by atomic mass is 35.5. The molecule has 0 aliphatic carbocycles. The molecule has 1 fully saturated rings. The molecule has 0 saturated carbocycles. The van der Waals surface area contributed by atoms with Crippen LogP contribution in [0.25, 0.3) is 11.2 Å². The van der Waals surface area contributed by atoms with Crippen molar-refractivity contribution in [1.82, 2.24) is 14.5 Å². The van der Waals surface area contributed by atoms with E-state index < -0.39 is 10.0 Å². The molecule has 2 N–H and O–H groups in total. The van der Waals surface area contributed by atoms with Crippen LogP contribution >= 0.6 is 23.2 Å². The fraction of sp³-hybridized carbons (Fsp3) is 0.400. The number of rotatable bonds is 5. The number of pyridine rings is 1. The van der Waals surface area contributed by atoms with E-state index in [-0.39, 0.29) is 11.4 Å². The maximum Gasteiger partial charge on any atom is 0.232 e. The number of nitrogens with two attached hydrogens (primary N) is 1. The Balaban J connectivity index is 1.81. The number of nitrogen functional groups attached to an aromatic ring is 1. The van der Waals surface area contributed by atoms with Crippen molar-refractivity contribution in [1.29, 1.82) is 0 Å². The van der Waals surface area contributed by atoms with E-state index in [1.807, 2.05) is 10.6 Å². The molecular formula is C20H23Cl2N5O3S. The molecule has 31 heavy (non-hydrogen) atoms. The summed E-state index contributed by atoms with van der Waals surface area (Å²) >= 11 is 12.6.